The third-order valence-corrected chi connectivity index (χ3v) is 5.60. The molecule has 0 N–H and O–H groups in total. The molecule has 3 rings (SSSR count). The van der Waals surface area contributed by atoms with Crippen molar-refractivity contribution in [1.82, 2.24) is 0 Å². The molecule has 2 aromatic carbocycles. The third-order valence-electron chi connectivity index (χ3n) is 5.60. The molecule has 0 spiro atoms. The van der Waals surface area contributed by atoms with Gasteiger partial charge in [0.05, 0.1) is 10.5 Å². The lowest BCUT2D eigenvalue weighted by Gasteiger charge is -2.17. The highest BCUT2D eigenvalue weighted by molar-refractivity contribution is 5.99. The second-order valence-electron chi connectivity index (χ2n) is 7.59. The summed E-state index contributed by atoms with van der Waals surface area (Å²) in [6.07, 6.45) is 2.98. The van der Waals surface area contributed by atoms with Crippen LogP contribution in [0.4, 0.5) is 11.4 Å². The maximum atomic E-state index is 12.4. The van der Waals surface area contributed by atoms with Gasteiger partial charge in [0.1, 0.15) is 5.69 Å². The lowest BCUT2D eigenvalue weighted by Crippen LogP contribution is -2.19. The van der Waals surface area contributed by atoms with Crippen LogP contribution in [0.3, 0.4) is 0 Å². The number of carbonyl (C=O) groups is 2. The van der Waals surface area contributed by atoms with Gasteiger partial charge in [0, 0.05) is 24.7 Å². The summed E-state index contributed by atoms with van der Waals surface area (Å²) in [5.74, 6) is -0.663. The number of anilines is 1. The normalized spacial score (nSPS) is 14.4. The molecule has 0 unspecified atom stereocenters. The van der Waals surface area contributed by atoms with E-state index >= 15 is 0 Å². The van der Waals surface area contributed by atoms with Crippen LogP contribution >= 0.6 is 0 Å². The van der Waals surface area contributed by atoms with Crippen LogP contribution in [0.15, 0.2) is 42.5 Å². The lowest BCUT2D eigenvalue weighted by molar-refractivity contribution is -0.384. The molecular weight excluding hydrogens is 384 g/mol. The number of ether oxygens (including phenoxy) is 1. The number of nitro groups is 1. The Balaban J connectivity index is 1.66. The Hall–Kier alpha value is -3.22. The molecular formula is C23H26N2O5. The molecule has 0 aromatic heterocycles. The molecule has 1 fully saturated rings. The van der Waals surface area contributed by atoms with Crippen molar-refractivity contribution in [3.63, 3.8) is 0 Å². The van der Waals surface area contributed by atoms with Gasteiger partial charge in [-0.2, -0.15) is 0 Å². The second kappa shape index (κ2) is 9.52. The predicted octanol–water partition coefficient (Wildman–Crippen LogP) is 4.75. The van der Waals surface area contributed by atoms with Gasteiger partial charge in [0.25, 0.3) is 5.69 Å². The molecule has 1 saturated heterocycles. The summed E-state index contributed by atoms with van der Waals surface area (Å²) in [5.41, 5.74) is 2.05. The van der Waals surface area contributed by atoms with Crippen molar-refractivity contribution in [3.8, 4) is 0 Å². The Labute approximate surface area is 175 Å². The van der Waals surface area contributed by atoms with Gasteiger partial charge in [-0.25, -0.2) is 4.79 Å². The molecule has 1 aliphatic heterocycles. The highest BCUT2D eigenvalue weighted by Crippen LogP contribution is 2.31. The van der Waals surface area contributed by atoms with Crippen molar-refractivity contribution in [2.45, 2.75) is 39.0 Å². The molecule has 2 aromatic rings. The number of hydrogen-bond acceptors (Lipinski definition) is 6. The summed E-state index contributed by atoms with van der Waals surface area (Å²) >= 11 is 0. The van der Waals surface area contributed by atoms with Gasteiger partial charge >= 0.3 is 5.97 Å². The first-order valence-corrected chi connectivity index (χ1v) is 10.2. The van der Waals surface area contributed by atoms with Crippen LogP contribution in [0.2, 0.25) is 0 Å². The average molecular weight is 410 g/mol. The molecule has 7 nitrogen and oxygen atoms in total. The first-order valence-electron chi connectivity index (χ1n) is 10.2. The second-order valence-corrected chi connectivity index (χ2v) is 7.59. The van der Waals surface area contributed by atoms with E-state index in [1.54, 1.807) is 18.2 Å². The maximum Gasteiger partial charge on any atom is 0.338 e. The molecule has 158 valence electrons. The van der Waals surface area contributed by atoms with Crippen LogP contribution in [-0.2, 0) is 4.74 Å². The van der Waals surface area contributed by atoms with Gasteiger partial charge in [-0.05, 0) is 42.9 Å². The van der Waals surface area contributed by atoms with Crippen molar-refractivity contribution in [2.24, 2.45) is 0 Å². The van der Waals surface area contributed by atoms with E-state index in [2.05, 4.69) is 13.8 Å². The van der Waals surface area contributed by atoms with Gasteiger partial charge in [-0.3, -0.25) is 14.9 Å². The van der Waals surface area contributed by atoms with Crippen LogP contribution in [0.1, 0.15) is 65.3 Å². The van der Waals surface area contributed by atoms with Crippen LogP contribution in [0.25, 0.3) is 0 Å². The number of esters is 1. The number of ketones is 1. The minimum Gasteiger partial charge on any atom is -0.454 e. The topological polar surface area (TPSA) is 89.8 Å². The highest BCUT2D eigenvalue weighted by Gasteiger charge is 2.24. The number of Topliss-reactive ketones (excluding diaryl/α,β-unsaturated/α-hetero) is 1. The highest BCUT2D eigenvalue weighted by atomic mass is 16.6. The van der Waals surface area contributed by atoms with E-state index in [0.717, 1.165) is 37.9 Å². The van der Waals surface area contributed by atoms with E-state index in [0.29, 0.717) is 17.2 Å². The zero-order chi connectivity index (χ0) is 21.7. The molecule has 1 heterocycles. The number of nitrogens with zero attached hydrogens (tertiary/aromatic N) is 2. The number of carbonyl (C=O) groups excluding carboxylic acids is 2. The SMILES string of the molecule is CC[C@@H](C)c1ccc(C(=O)COC(=O)c2ccc(N3CCCC3)c([N+](=O)[O-])c2)cc1. The molecule has 0 amide bonds. The van der Waals surface area contributed by atoms with Crippen molar-refractivity contribution in [3.05, 3.63) is 69.3 Å². The van der Waals surface area contributed by atoms with Crippen LogP contribution in [0.5, 0.6) is 0 Å². The van der Waals surface area contributed by atoms with E-state index in [4.69, 9.17) is 4.74 Å². The molecule has 0 saturated carbocycles. The summed E-state index contributed by atoms with van der Waals surface area (Å²) in [5, 5.41) is 11.5. The quantitative estimate of drug-likeness (QED) is 0.270. The van der Waals surface area contributed by atoms with E-state index in [1.807, 2.05) is 17.0 Å². The largest absolute Gasteiger partial charge is 0.454 e. The lowest BCUT2D eigenvalue weighted by atomic mass is 9.97. The molecule has 30 heavy (non-hydrogen) atoms. The monoisotopic (exact) mass is 410 g/mol. The molecule has 7 heteroatoms. The van der Waals surface area contributed by atoms with Crippen molar-refractivity contribution in [2.75, 3.05) is 24.6 Å². The van der Waals surface area contributed by atoms with Gasteiger partial charge in [-0.1, -0.05) is 38.1 Å². The third kappa shape index (κ3) is 4.84. The maximum absolute atomic E-state index is 12.4. The fourth-order valence-corrected chi connectivity index (χ4v) is 3.55. The first-order chi connectivity index (χ1) is 14.4. The Morgan fingerprint density at radius 3 is 2.33 bits per heavy atom. The molecule has 0 aliphatic carbocycles. The van der Waals surface area contributed by atoms with Crippen LogP contribution in [0, 0.1) is 10.1 Å². The summed E-state index contributed by atoms with van der Waals surface area (Å²) in [6, 6.07) is 11.6. The van der Waals surface area contributed by atoms with Crippen molar-refractivity contribution in [1.29, 1.82) is 0 Å². The first kappa shape index (κ1) is 21.5. The molecule has 1 aliphatic rings. The predicted molar refractivity (Wildman–Crippen MR) is 114 cm³/mol. The Morgan fingerprint density at radius 2 is 1.73 bits per heavy atom. The van der Waals surface area contributed by atoms with E-state index in [1.165, 1.54) is 12.1 Å². The van der Waals surface area contributed by atoms with E-state index < -0.39 is 17.5 Å². The van der Waals surface area contributed by atoms with Crippen LogP contribution in [-0.4, -0.2) is 36.4 Å². The Morgan fingerprint density at radius 1 is 1.10 bits per heavy atom. The fourth-order valence-electron chi connectivity index (χ4n) is 3.55. The number of hydrogen-bond donors (Lipinski definition) is 0. The Kier molecular flexibility index (Phi) is 6.82. The zero-order valence-electron chi connectivity index (χ0n) is 17.3. The van der Waals surface area contributed by atoms with Crippen LogP contribution < -0.4 is 4.90 Å². The van der Waals surface area contributed by atoms with Gasteiger partial charge < -0.3 is 9.64 Å². The smallest absolute Gasteiger partial charge is 0.338 e. The Bertz CT molecular complexity index is 933. The summed E-state index contributed by atoms with van der Waals surface area (Å²) in [7, 11) is 0. The minimum atomic E-state index is -0.754. The molecule has 0 radical (unpaired) electrons. The minimum absolute atomic E-state index is 0.0598. The van der Waals surface area contributed by atoms with E-state index in [-0.39, 0.29) is 17.0 Å². The molecule has 1 atom stereocenters. The average Bonchev–Trinajstić information content (AvgIpc) is 3.31. The van der Waals surface area contributed by atoms with E-state index in [9.17, 15) is 19.7 Å². The fraction of sp³-hybridized carbons (Fsp3) is 0.391. The number of nitro benzene ring substituents is 1. The summed E-state index contributed by atoms with van der Waals surface area (Å²) in [4.78, 5) is 37.6. The zero-order valence-corrected chi connectivity index (χ0v) is 17.3. The number of benzene rings is 2. The van der Waals surface area contributed by atoms with Gasteiger partial charge in [0.2, 0.25) is 0 Å². The standard InChI is InChI=1S/C23H26N2O5/c1-3-16(2)17-6-8-18(9-7-17)22(26)15-30-23(27)19-10-11-20(21(14-19)25(28)29)24-12-4-5-13-24/h6-11,14,16H,3-5,12-13,15H2,1-2H3/t16-/m1/s1. The summed E-state index contributed by atoms with van der Waals surface area (Å²) in [6.45, 7) is 5.32. The van der Waals surface area contributed by atoms with Crippen molar-refractivity contribution >= 4 is 23.1 Å². The number of rotatable bonds is 8. The van der Waals surface area contributed by atoms with Gasteiger partial charge in [-0.15, -0.1) is 0 Å². The van der Waals surface area contributed by atoms with Gasteiger partial charge in [0.15, 0.2) is 12.4 Å². The summed E-state index contributed by atoms with van der Waals surface area (Å²) < 4.78 is 5.12. The molecule has 0 bridgehead atoms. The van der Waals surface area contributed by atoms with Crippen molar-refractivity contribution < 1.29 is 19.2 Å².